The van der Waals surface area contributed by atoms with Crippen LogP contribution in [0.3, 0.4) is 0 Å². The molecular weight excluding hydrogens is 361 g/mol. The van der Waals surface area contributed by atoms with Gasteiger partial charge in [0.2, 0.25) is 5.91 Å². The number of nitrogens with zero attached hydrogens (tertiary/aromatic N) is 1. The smallest absolute Gasteiger partial charge is 0.258 e. The summed E-state index contributed by atoms with van der Waals surface area (Å²) in [6, 6.07) is 2.47. The van der Waals surface area contributed by atoms with Crippen molar-refractivity contribution in [2.24, 2.45) is 11.7 Å². The average molecular weight is 394 g/mol. The summed E-state index contributed by atoms with van der Waals surface area (Å²) in [7, 11) is 0. The number of primary amides is 1. The maximum atomic E-state index is 15.0. The molecule has 0 heterocycles. The third-order valence-electron chi connectivity index (χ3n) is 5.18. The van der Waals surface area contributed by atoms with Crippen LogP contribution in [0.5, 0.6) is 0 Å². The van der Waals surface area contributed by atoms with Gasteiger partial charge in [0, 0.05) is 12.1 Å². The predicted octanol–water partition coefficient (Wildman–Crippen LogP) is 3.02. The van der Waals surface area contributed by atoms with Crippen molar-refractivity contribution in [2.45, 2.75) is 73.0 Å². The van der Waals surface area contributed by atoms with E-state index in [9.17, 15) is 18.8 Å². The van der Waals surface area contributed by atoms with Gasteiger partial charge in [-0.05, 0) is 59.1 Å². The van der Waals surface area contributed by atoms with E-state index < -0.39 is 29.1 Å². The van der Waals surface area contributed by atoms with Crippen molar-refractivity contribution in [1.29, 1.82) is 0 Å². The van der Waals surface area contributed by atoms with E-state index in [1.165, 1.54) is 30.9 Å². The van der Waals surface area contributed by atoms with Gasteiger partial charge < -0.3 is 16.0 Å². The highest BCUT2D eigenvalue weighted by molar-refractivity contribution is 6.09. The molecule has 28 heavy (non-hydrogen) atoms. The molecule has 0 saturated heterocycles. The van der Waals surface area contributed by atoms with E-state index in [2.05, 4.69) is 5.32 Å². The minimum atomic E-state index is -1.34. The molecule has 0 bridgehead atoms. The molecule has 6 nitrogen and oxygen atoms in total. The minimum Gasteiger partial charge on any atom is -0.368 e. The SMILES string of the molecule is Cc1ccc(C(=O)NC(C)(C(N)=O)C(C)C)c(C(=O)N(C(C)C)C(C)C)c1F. The van der Waals surface area contributed by atoms with E-state index in [0.29, 0.717) is 0 Å². The van der Waals surface area contributed by atoms with Crippen LogP contribution in [0.2, 0.25) is 0 Å². The molecule has 0 fully saturated rings. The Labute approximate surface area is 166 Å². The molecule has 3 amide bonds. The van der Waals surface area contributed by atoms with Crippen molar-refractivity contribution in [3.8, 4) is 0 Å². The maximum absolute atomic E-state index is 15.0. The molecule has 1 rings (SSSR count). The summed E-state index contributed by atoms with van der Waals surface area (Å²) in [6.07, 6.45) is 0. The van der Waals surface area contributed by atoms with Gasteiger partial charge in [-0.15, -0.1) is 0 Å². The quantitative estimate of drug-likeness (QED) is 0.746. The van der Waals surface area contributed by atoms with Gasteiger partial charge >= 0.3 is 0 Å². The van der Waals surface area contributed by atoms with Gasteiger partial charge in [-0.25, -0.2) is 4.39 Å². The average Bonchev–Trinajstić information content (AvgIpc) is 2.55. The Morgan fingerprint density at radius 3 is 1.96 bits per heavy atom. The normalized spacial score (nSPS) is 13.6. The zero-order chi connectivity index (χ0) is 22.0. The van der Waals surface area contributed by atoms with Gasteiger partial charge in [-0.2, -0.15) is 0 Å². The number of halogens is 1. The van der Waals surface area contributed by atoms with E-state index in [4.69, 9.17) is 5.73 Å². The monoisotopic (exact) mass is 393 g/mol. The summed E-state index contributed by atoms with van der Waals surface area (Å²) < 4.78 is 15.0. The Hall–Kier alpha value is -2.44. The zero-order valence-electron chi connectivity index (χ0n) is 18.0. The number of benzene rings is 1. The van der Waals surface area contributed by atoms with Crippen LogP contribution in [0.25, 0.3) is 0 Å². The number of hydrogen-bond acceptors (Lipinski definition) is 3. The lowest BCUT2D eigenvalue weighted by Gasteiger charge is -2.33. The minimum absolute atomic E-state index is 0.118. The highest BCUT2D eigenvalue weighted by atomic mass is 19.1. The zero-order valence-corrected chi connectivity index (χ0v) is 18.0. The van der Waals surface area contributed by atoms with Crippen molar-refractivity contribution in [3.05, 3.63) is 34.6 Å². The molecular formula is C21H32FN3O3. The van der Waals surface area contributed by atoms with Gasteiger partial charge in [-0.3, -0.25) is 14.4 Å². The number of amides is 3. The fraction of sp³-hybridized carbons (Fsp3) is 0.571. The molecule has 156 valence electrons. The molecule has 0 aliphatic heterocycles. The molecule has 1 aromatic carbocycles. The summed E-state index contributed by atoms with van der Waals surface area (Å²) >= 11 is 0. The molecule has 0 aromatic heterocycles. The van der Waals surface area contributed by atoms with E-state index in [1.54, 1.807) is 13.8 Å². The van der Waals surface area contributed by atoms with Crippen molar-refractivity contribution in [1.82, 2.24) is 10.2 Å². The van der Waals surface area contributed by atoms with Crippen LogP contribution in [-0.2, 0) is 4.79 Å². The summed E-state index contributed by atoms with van der Waals surface area (Å²) in [5.41, 5.74) is 3.98. The summed E-state index contributed by atoms with van der Waals surface area (Å²) in [5, 5.41) is 2.60. The van der Waals surface area contributed by atoms with E-state index >= 15 is 0 Å². The van der Waals surface area contributed by atoms with Crippen LogP contribution in [-0.4, -0.2) is 40.2 Å². The van der Waals surface area contributed by atoms with Gasteiger partial charge in [0.15, 0.2) is 0 Å². The topological polar surface area (TPSA) is 92.5 Å². The fourth-order valence-corrected chi connectivity index (χ4v) is 3.07. The molecule has 0 aliphatic rings. The molecule has 3 N–H and O–H groups in total. The first-order valence-corrected chi connectivity index (χ1v) is 9.49. The second kappa shape index (κ2) is 8.71. The van der Waals surface area contributed by atoms with Gasteiger partial charge in [0.25, 0.3) is 11.8 Å². The highest BCUT2D eigenvalue weighted by Crippen LogP contribution is 2.24. The Bertz CT molecular complexity index is 766. The molecule has 0 saturated carbocycles. The second-order valence-corrected chi connectivity index (χ2v) is 8.19. The predicted molar refractivity (Wildman–Crippen MR) is 107 cm³/mol. The van der Waals surface area contributed by atoms with E-state index in [0.717, 1.165) is 0 Å². The van der Waals surface area contributed by atoms with Gasteiger partial charge in [-0.1, -0.05) is 19.9 Å². The Morgan fingerprint density at radius 2 is 1.57 bits per heavy atom. The lowest BCUT2D eigenvalue weighted by Crippen LogP contribution is -2.59. The first kappa shape index (κ1) is 23.6. The Kier molecular flexibility index (Phi) is 7.34. The number of nitrogens with two attached hydrogens (primary N) is 1. The number of aryl methyl sites for hydroxylation is 1. The Balaban J connectivity index is 3.54. The van der Waals surface area contributed by atoms with Gasteiger partial charge in [0.1, 0.15) is 11.4 Å². The van der Waals surface area contributed by atoms with Crippen LogP contribution in [0.15, 0.2) is 12.1 Å². The largest absolute Gasteiger partial charge is 0.368 e. The number of carbonyl (C=O) groups excluding carboxylic acids is 3. The van der Waals surface area contributed by atoms with Crippen LogP contribution in [0, 0.1) is 18.7 Å². The van der Waals surface area contributed by atoms with Crippen molar-refractivity contribution < 1.29 is 18.8 Å². The molecule has 1 atom stereocenters. The third-order valence-corrected chi connectivity index (χ3v) is 5.18. The summed E-state index contributed by atoms with van der Waals surface area (Å²) in [6.45, 7) is 13.8. The van der Waals surface area contributed by atoms with Crippen LogP contribution in [0.1, 0.15) is 74.7 Å². The first-order chi connectivity index (χ1) is 12.8. The molecule has 0 spiro atoms. The second-order valence-electron chi connectivity index (χ2n) is 8.19. The lowest BCUT2D eigenvalue weighted by atomic mass is 9.87. The standard InChI is InChI=1S/C21H32FN3O3/c1-11(2)21(8,20(23)28)24-18(26)15-10-9-14(7)17(22)16(15)19(27)25(12(3)4)13(5)6/h9-13H,1-8H3,(H2,23,28)(H,24,26). The summed E-state index contributed by atoms with van der Waals surface area (Å²) in [4.78, 5) is 39.6. The highest BCUT2D eigenvalue weighted by Gasteiger charge is 2.38. The van der Waals surface area contributed by atoms with E-state index in [1.807, 2.05) is 27.7 Å². The Morgan fingerprint density at radius 1 is 1.07 bits per heavy atom. The number of nitrogens with one attached hydrogen (secondary N) is 1. The van der Waals surface area contributed by atoms with Crippen LogP contribution >= 0.6 is 0 Å². The number of rotatable bonds is 7. The molecule has 1 aromatic rings. The summed E-state index contributed by atoms with van der Waals surface area (Å²) in [5.74, 6) is -3.03. The van der Waals surface area contributed by atoms with Gasteiger partial charge in [0.05, 0.1) is 11.1 Å². The van der Waals surface area contributed by atoms with Crippen molar-refractivity contribution >= 4 is 17.7 Å². The maximum Gasteiger partial charge on any atom is 0.258 e. The lowest BCUT2D eigenvalue weighted by molar-refractivity contribution is -0.125. The molecule has 0 radical (unpaired) electrons. The van der Waals surface area contributed by atoms with Crippen LogP contribution in [0.4, 0.5) is 4.39 Å². The number of hydrogen-bond donors (Lipinski definition) is 2. The third kappa shape index (κ3) is 4.51. The number of carbonyl (C=O) groups is 3. The fourth-order valence-electron chi connectivity index (χ4n) is 3.07. The van der Waals surface area contributed by atoms with E-state index in [-0.39, 0.29) is 34.7 Å². The van der Waals surface area contributed by atoms with Crippen molar-refractivity contribution in [3.63, 3.8) is 0 Å². The molecule has 7 heteroatoms. The van der Waals surface area contributed by atoms with Crippen molar-refractivity contribution in [2.75, 3.05) is 0 Å². The van der Waals surface area contributed by atoms with Crippen LogP contribution < -0.4 is 11.1 Å². The first-order valence-electron chi connectivity index (χ1n) is 9.49. The molecule has 1 unspecified atom stereocenters. The molecule has 0 aliphatic carbocycles.